The van der Waals surface area contributed by atoms with E-state index < -0.39 is 6.29 Å². The Bertz CT molecular complexity index is 649. The predicted octanol–water partition coefficient (Wildman–Crippen LogP) is 1.35. The number of hydrogen-bond acceptors (Lipinski definition) is 4. The van der Waals surface area contributed by atoms with E-state index >= 15 is 0 Å². The van der Waals surface area contributed by atoms with E-state index in [4.69, 9.17) is 14.7 Å². The van der Waals surface area contributed by atoms with Crippen LogP contribution in [-0.2, 0) is 4.65 Å². The SMILES string of the molecule is N#Cc1ccc(Oc2ccc3c(c2)C(O)OB3)cc1. The molecule has 0 aromatic heterocycles. The average molecular weight is 251 g/mol. The molecule has 0 saturated heterocycles. The van der Waals surface area contributed by atoms with Crippen molar-refractivity contribution in [1.82, 2.24) is 0 Å². The number of nitriles is 1. The second-order valence-electron chi connectivity index (χ2n) is 4.26. The van der Waals surface area contributed by atoms with E-state index in [1.165, 1.54) is 0 Å². The Kier molecular flexibility index (Phi) is 2.96. The Morgan fingerprint density at radius 3 is 2.63 bits per heavy atom. The van der Waals surface area contributed by atoms with Crippen molar-refractivity contribution >= 4 is 12.9 Å². The molecule has 1 heterocycles. The summed E-state index contributed by atoms with van der Waals surface area (Å²) >= 11 is 0. The van der Waals surface area contributed by atoms with Crippen LogP contribution in [0.1, 0.15) is 17.4 Å². The minimum absolute atomic E-state index is 0.424. The van der Waals surface area contributed by atoms with Gasteiger partial charge >= 0.3 is 7.48 Å². The monoisotopic (exact) mass is 251 g/mol. The molecule has 0 spiro atoms. The molecule has 0 amide bonds. The zero-order valence-corrected chi connectivity index (χ0v) is 10.0. The van der Waals surface area contributed by atoms with E-state index in [9.17, 15) is 5.11 Å². The van der Waals surface area contributed by atoms with Crippen LogP contribution in [0, 0.1) is 11.3 Å². The lowest BCUT2D eigenvalue weighted by molar-refractivity contribution is -0.00804. The summed E-state index contributed by atoms with van der Waals surface area (Å²) in [6, 6.07) is 14.4. The van der Waals surface area contributed by atoms with Crippen LogP contribution in [0.5, 0.6) is 11.5 Å². The van der Waals surface area contributed by atoms with Gasteiger partial charge in [-0.15, -0.1) is 0 Å². The van der Waals surface area contributed by atoms with E-state index in [2.05, 4.69) is 6.07 Å². The quantitative estimate of drug-likeness (QED) is 0.818. The molecule has 19 heavy (non-hydrogen) atoms. The Morgan fingerprint density at radius 1 is 1.16 bits per heavy atom. The third-order valence-electron chi connectivity index (χ3n) is 3.00. The van der Waals surface area contributed by atoms with Crippen LogP contribution in [0.15, 0.2) is 42.5 Å². The molecule has 0 aliphatic carbocycles. The maximum Gasteiger partial charge on any atom is 0.312 e. The summed E-state index contributed by atoms with van der Waals surface area (Å²) in [7, 11) is 0.424. The lowest BCUT2D eigenvalue weighted by Gasteiger charge is -2.09. The van der Waals surface area contributed by atoms with Crippen LogP contribution in [-0.4, -0.2) is 12.6 Å². The Hall–Kier alpha value is -2.29. The van der Waals surface area contributed by atoms with Crippen LogP contribution in [0.3, 0.4) is 0 Å². The number of hydrogen-bond donors (Lipinski definition) is 1. The van der Waals surface area contributed by atoms with Gasteiger partial charge in [-0.2, -0.15) is 5.26 Å². The lowest BCUT2D eigenvalue weighted by atomic mass is 9.87. The highest BCUT2D eigenvalue weighted by atomic mass is 16.6. The van der Waals surface area contributed by atoms with Crippen LogP contribution in [0.2, 0.25) is 0 Å². The van der Waals surface area contributed by atoms with Crippen molar-refractivity contribution in [2.24, 2.45) is 0 Å². The summed E-state index contributed by atoms with van der Waals surface area (Å²) in [5.41, 5.74) is 2.30. The van der Waals surface area contributed by atoms with Crippen molar-refractivity contribution in [3.8, 4) is 17.6 Å². The number of benzene rings is 2. The predicted molar refractivity (Wildman–Crippen MR) is 70.5 cm³/mol. The Morgan fingerprint density at radius 2 is 1.89 bits per heavy atom. The Balaban J connectivity index is 1.83. The van der Waals surface area contributed by atoms with Gasteiger partial charge in [-0.3, -0.25) is 0 Å². The number of fused-ring (bicyclic) bond motifs is 1. The van der Waals surface area contributed by atoms with Crippen molar-refractivity contribution in [2.45, 2.75) is 6.29 Å². The molecule has 1 aliphatic rings. The van der Waals surface area contributed by atoms with E-state index in [1.807, 2.05) is 12.1 Å². The molecular weight excluding hydrogens is 241 g/mol. The molecule has 92 valence electrons. The third kappa shape index (κ3) is 2.32. The molecule has 1 atom stereocenters. The molecule has 1 unspecified atom stereocenters. The van der Waals surface area contributed by atoms with Gasteiger partial charge in [0.15, 0.2) is 6.29 Å². The first kappa shape index (κ1) is 11.8. The minimum Gasteiger partial charge on any atom is -0.457 e. The normalized spacial score (nSPS) is 16.3. The van der Waals surface area contributed by atoms with Gasteiger partial charge in [0.1, 0.15) is 11.5 Å². The van der Waals surface area contributed by atoms with Crippen LogP contribution >= 0.6 is 0 Å². The first-order valence-corrected chi connectivity index (χ1v) is 5.87. The molecule has 0 fully saturated rings. The highest BCUT2D eigenvalue weighted by Gasteiger charge is 2.22. The summed E-state index contributed by atoms with van der Waals surface area (Å²) in [4.78, 5) is 0. The molecule has 4 nitrogen and oxygen atoms in total. The van der Waals surface area contributed by atoms with Gasteiger partial charge < -0.3 is 14.5 Å². The summed E-state index contributed by atoms with van der Waals surface area (Å²) in [6.45, 7) is 0. The largest absolute Gasteiger partial charge is 0.457 e. The van der Waals surface area contributed by atoms with E-state index in [-0.39, 0.29) is 0 Å². The van der Waals surface area contributed by atoms with Crippen LogP contribution in [0.25, 0.3) is 0 Å². The summed E-state index contributed by atoms with van der Waals surface area (Å²) in [5, 5.41) is 18.3. The summed E-state index contributed by atoms with van der Waals surface area (Å²) < 4.78 is 10.8. The second kappa shape index (κ2) is 4.77. The fourth-order valence-corrected chi connectivity index (χ4v) is 1.99. The van der Waals surface area contributed by atoms with Gasteiger partial charge in [-0.1, -0.05) is 6.07 Å². The molecule has 2 aromatic carbocycles. The van der Waals surface area contributed by atoms with Gasteiger partial charge in [-0.25, -0.2) is 0 Å². The standard InChI is InChI=1S/C14H10BNO3/c16-8-9-1-3-10(4-2-9)18-11-5-6-13-12(7-11)14(17)19-15-13/h1-7,14-15,17H. The first-order valence-electron chi connectivity index (χ1n) is 5.87. The van der Waals surface area contributed by atoms with Gasteiger partial charge in [0.05, 0.1) is 11.6 Å². The average Bonchev–Trinajstić information content (AvgIpc) is 2.81. The van der Waals surface area contributed by atoms with Gasteiger partial charge in [0, 0.05) is 5.56 Å². The second-order valence-corrected chi connectivity index (χ2v) is 4.26. The molecule has 0 radical (unpaired) electrons. The summed E-state index contributed by atoms with van der Waals surface area (Å²) in [6.07, 6.45) is -0.875. The van der Waals surface area contributed by atoms with Crippen molar-refractivity contribution < 1.29 is 14.5 Å². The van der Waals surface area contributed by atoms with E-state index in [1.54, 1.807) is 30.3 Å². The molecule has 1 aliphatic heterocycles. The smallest absolute Gasteiger partial charge is 0.312 e. The van der Waals surface area contributed by atoms with Gasteiger partial charge in [0.25, 0.3) is 0 Å². The molecule has 3 rings (SSSR count). The first-order chi connectivity index (χ1) is 9.26. The minimum atomic E-state index is -0.875. The van der Waals surface area contributed by atoms with Crippen molar-refractivity contribution in [1.29, 1.82) is 5.26 Å². The topological polar surface area (TPSA) is 62.5 Å². The molecule has 0 bridgehead atoms. The van der Waals surface area contributed by atoms with Crippen molar-refractivity contribution in [3.05, 3.63) is 53.6 Å². The third-order valence-corrected chi connectivity index (χ3v) is 3.00. The highest BCUT2D eigenvalue weighted by Crippen LogP contribution is 2.26. The fourth-order valence-electron chi connectivity index (χ4n) is 1.99. The zero-order chi connectivity index (χ0) is 13.2. The molecule has 1 N–H and O–H groups in total. The number of aliphatic hydroxyl groups is 1. The summed E-state index contributed by atoms with van der Waals surface area (Å²) in [5.74, 6) is 1.28. The Labute approximate surface area is 111 Å². The molecular formula is C14H10BNO3. The highest BCUT2D eigenvalue weighted by molar-refractivity contribution is 6.49. The fraction of sp³-hybridized carbons (Fsp3) is 0.0714. The number of aliphatic hydroxyl groups excluding tert-OH is 1. The number of rotatable bonds is 2. The molecule has 0 saturated carbocycles. The zero-order valence-electron chi connectivity index (χ0n) is 10.0. The maximum absolute atomic E-state index is 9.63. The van der Waals surface area contributed by atoms with E-state index in [0.29, 0.717) is 24.5 Å². The number of nitrogens with zero attached hydrogens (tertiary/aromatic N) is 1. The van der Waals surface area contributed by atoms with E-state index in [0.717, 1.165) is 11.0 Å². The van der Waals surface area contributed by atoms with Gasteiger partial charge in [0.2, 0.25) is 0 Å². The van der Waals surface area contributed by atoms with Crippen molar-refractivity contribution in [3.63, 3.8) is 0 Å². The lowest BCUT2D eigenvalue weighted by Crippen LogP contribution is -2.10. The molecule has 2 aromatic rings. The van der Waals surface area contributed by atoms with Crippen LogP contribution in [0.4, 0.5) is 0 Å². The maximum atomic E-state index is 9.63. The van der Waals surface area contributed by atoms with Crippen LogP contribution < -0.4 is 10.2 Å². The van der Waals surface area contributed by atoms with Crippen molar-refractivity contribution in [2.75, 3.05) is 0 Å². The molecule has 5 heteroatoms. The number of ether oxygens (including phenoxy) is 1. The van der Waals surface area contributed by atoms with Gasteiger partial charge in [-0.05, 0) is 41.9 Å².